The largest absolute Gasteiger partial charge is 0.393 e. The third-order valence-corrected chi connectivity index (χ3v) is 2.42. The summed E-state index contributed by atoms with van der Waals surface area (Å²) in [5.74, 6) is 0. The number of hydrogen-bond acceptors (Lipinski definition) is 4. The van der Waals surface area contributed by atoms with Gasteiger partial charge in [0.15, 0.2) is 6.29 Å². The van der Waals surface area contributed by atoms with Crippen LogP contribution in [-0.2, 0) is 0 Å². The summed E-state index contributed by atoms with van der Waals surface area (Å²) in [5, 5.41) is 35.8. The Morgan fingerprint density at radius 3 is 1.57 bits per heavy atom. The van der Waals surface area contributed by atoms with Crippen LogP contribution in [0.1, 0.15) is 32.1 Å². The monoisotopic (exact) mass is 224 g/mol. The van der Waals surface area contributed by atoms with E-state index in [1.165, 1.54) is 0 Å². The maximum absolute atomic E-state index is 9.38. The van der Waals surface area contributed by atoms with Gasteiger partial charge in [-0.1, -0.05) is 0 Å². The van der Waals surface area contributed by atoms with E-state index in [0.717, 1.165) is 12.6 Å². The number of rotatable bonds is 8. The number of aliphatic hydroxyl groups excluding tert-OH is 3. The second-order valence-corrected chi connectivity index (χ2v) is 4.10. The zero-order valence-corrected chi connectivity index (χ0v) is 9.50. The number of aliphatic hydroxyl groups is 4. The minimum absolute atomic E-state index is 0.181. The molecule has 0 bridgehead atoms. The summed E-state index contributed by atoms with van der Waals surface area (Å²) < 4.78 is 0. The molecule has 5 heteroatoms. The highest BCUT2D eigenvalue weighted by Crippen LogP contribution is 2.10. The molecule has 0 spiro atoms. The Morgan fingerprint density at radius 2 is 1.14 bits per heavy atom. The Bertz CT molecular complexity index is 132. The van der Waals surface area contributed by atoms with Crippen LogP contribution in [0.3, 0.4) is 0 Å². The van der Waals surface area contributed by atoms with Crippen molar-refractivity contribution < 1.29 is 20.4 Å². The molecule has 4 nitrogen and oxygen atoms in total. The fourth-order valence-electron chi connectivity index (χ4n) is 1.21. The van der Waals surface area contributed by atoms with Gasteiger partial charge in [-0.2, -0.15) is 0 Å². The van der Waals surface area contributed by atoms with Gasteiger partial charge in [0.2, 0.25) is 0 Å². The maximum atomic E-state index is 9.38. The van der Waals surface area contributed by atoms with E-state index in [-0.39, 0.29) is 12.5 Å². The third kappa shape index (κ3) is 8.85. The Balaban J connectivity index is 3.38. The molecule has 0 rings (SSSR count). The van der Waals surface area contributed by atoms with Crippen LogP contribution in [0, 0.1) is 0 Å². The molecule has 0 saturated carbocycles. The van der Waals surface area contributed by atoms with Gasteiger partial charge in [-0.15, -0.1) is 9.24 Å². The van der Waals surface area contributed by atoms with E-state index in [4.69, 9.17) is 10.2 Å². The molecule has 14 heavy (non-hydrogen) atoms. The highest BCUT2D eigenvalue weighted by Gasteiger charge is 2.10. The molecule has 0 aromatic carbocycles. The van der Waals surface area contributed by atoms with Crippen molar-refractivity contribution in [3.8, 4) is 0 Å². The van der Waals surface area contributed by atoms with Crippen molar-refractivity contribution in [2.45, 2.75) is 50.6 Å². The molecule has 0 saturated heterocycles. The Morgan fingerprint density at radius 1 is 0.714 bits per heavy atom. The summed E-state index contributed by atoms with van der Waals surface area (Å²) in [6.45, 7) is 0. The first kappa shape index (κ1) is 14.3. The van der Waals surface area contributed by atoms with Gasteiger partial charge in [-0.3, -0.25) is 0 Å². The molecule has 0 aliphatic heterocycles. The smallest absolute Gasteiger partial charge is 0.151 e. The zero-order chi connectivity index (χ0) is 11.0. The first-order valence-electron chi connectivity index (χ1n) is 4.98. The van der Waals surface area contributed by atoms with Crippen molar-refractivity contribution >= 4 is 9.24 Å². The quantitative estimate of drug-likeness (QED) is 0.341. The molecular weight excluding hydrogens is 203 g/mol. The van der Waals surface area contributed by atoms with Crippen molar-refractivity contribution in [2.75, 3.05) is 6.16 Å². The highest BCUT2D eigenvalue weighted by atomic mass is 31.0. The van der Waals surface area contributed by atoms with Crippen LogP contribution < -0.4 is 0 Å². The topological polar surface area (TPSA) is 80.9 Å². The average Bonchev–Trinajstić information content (AvgIpc) is 2.12. The van der Waals surface area contributed by atoms with Gasteiger partial charge in [0.1, 0.15) is 0 Å². The van der Waals surface area contributed by atoms with E-state index >= 15 is 0 Å². The summed E-state index contributed by atoms with van der Waals surface area (Å²) in [4.78, 5) is 0. The fourth-order valence-corrected chi connectivity index (χ4v) is 1.59. The zero-order valence-electron chi connectivity index (χ0n) is 8.34. The molecule has 0 aromatic rings. The maximum Gasteiger partial charge on any atom is 0.151 e. The summed E-state index contributed by atoms with van der Waals surface area (Å²) >= 11 is 0. The van der Waals surface area contributed by atoms with Crippen molar-refractivity contribution in [3.63, 3.8) is 0 Å². The minimum atomic E-state index is -1.35. The summed E-state index contributed by atoms with van der Waals surface area (Å²) in [6, 6.07) is 0. The fraction of sp³-hybridized carbons (Fsp3) is 1.00. The summed E-state index contributed by atoms with van der Waals surface area (Å²) in [5.41, 5.74) is 0. The molecule has 4 N–H and O–H groups in total. The van der Waals surface area contributed by atoms with Gasteiger partial charge >= 0.3 is 0 Å². The number of hydrogen-bond donors (Lipinski definition) is 4. The summed E-state index contributed by atoms with van der Waals surface area (Å²) in [7, 11) is 2.54. The lowest BCUT2D eigenvalue weighted by atomic mass is 10.0. The molecule has 0 amide bonds. The van der Waals surface area contributed by atoms with Crippen LogP contribution in [0.15, 0.2) is 0 Å². The van der Waals surface area contributed by atoms with Crippen LogP contribution in [0.25, 0.3) is 0 Å². The second-order valence-electron chi connectivity index (χ2n) is 3.52. The second kappa shape index (κ2) is 8.57. The molecule has 0 aliphatic rings. The van der Waals surface area contributed by atoms with E-state index < -0.39 is 12.4 Å². The van der Waals surface area contributed by atoms with Crippen LogP contribution >= 0.6 is 9.24 Å². The molecular formula is C9H21O4P. The van der Waals surface area contributed by atoms with Gasteiger partial charge in [-0.25, -0.2) is 0 Å². The molecule has 3 atom stereocenters. The van der Waals surface area contributed by atoms with E-state index in [0.29, 0.717) is 19.3 Å². The Labute approximate surface area is 87.2 Å². The lowest BCUT2D eigenvalue weighted by molar-refractivity contribution is -0.0538. The van der Waals surface area contributed by atoms with Crippen molar-refractivity contribution in [3.05, 3.63) is 0 Å². The van der Waals surface area contributed by atoms with Crippen LogP contribution in [0.4, 0.5) is 0 Å². The first-order valence-corrected chi connectivity index (χ1v) is 5.80. The molecule has 0 fully saturated rings. The van der Waals surface area contributed by atoms with E-state index in [1.807, 2.05) is 0 Å². The lowest BCUT2D eigenvalue weighted by Crippen LogP contribution is -2.16. The van der Waals surface area contributed by atoms with Gasteiger partial charge in [0, 0.05) is 6.42 Å². The standard InChI is InChI=1S/C9H21O4P/c10-7(3-4-9(12)13)1-2-8(11)5-6-14/h7-13H,1-6,14H2. The molecule has 0 aromatic heterocycles. The Hall–Kier alpha value is 0.270. The van der Waals surface area contributed by atoms with Gasteiger partial charge < -0.3 is 20.4 Å². The average molecular weight is 224 g/mol. The molecule has 3 unspecified atom stereocenters. The van der Waals surface area contributed by atoms with E-state index in [2.05, 4.69) is 9.24 Å². The van der Waals surface area contributed by atoms with Crippen LogP contribution in [-0.4, -0.2) is 45.1 Å². The first-order chi connectivity index (χ1) is 6.56. The molecule has 86 valence electrons. The van der Waals surface area contributed by atoms with E-state index in [1.54, 1.807) is 0 Å². The van der Waals surface area contributed by atoms with Crippen molar-refractivity contribution in [1.82, 2.24) is 0 Å². The van der Waals surface area contributed by atoms with Crippen molar-refractivity contribution in [1.29, 1.82) is 0 Å². The highest BCUT2D eigenvalue weighted by molar-refractivity contribution is 7.16. The van der Waals surface area contributed by atoms with Gasteiger partial charge in [0.05, 0.1) is 12.2 Å². The van der Waals surface area contributed by atoms with Crippen LogP contribution in [0.5, 0.6) is 0 Å². The molecule has 0 aliphatic carbocycles. The van der Waals surface area contributed by atoms with Gasteiger partial charge in [-0.05, 0) is 31.8 Å². The third-order valence-electron chi connectivity index (χ3n) is 2.09. The predicted octanol–water partition coefficient (Wildman–Crippen LogP) is -0.156. The minimum Gasteiger partial charge on any atom is -0.393 e. The molecule has 0 heterocycles. The molecule has 0 radical (unpaired) electrons. The predicted molar refractivity (Wildman–Crippen MR) is 57.9 cm³/mol. The van der Waals surface area contributed by atoms with Gasteiger partial charge in [0.25, 0.3) is 0 Å². The van der Waals surface area contributed by atoms with E-state index in [9.17, 15) is 10.2 Å². The lowest BCUT2D eigenvalue weighted by Gasteiger charge is -2.13. The Kier molecular flexibility index (Phi) is 8.73. The van der Waals surface area contributed by atoms with Crippen molar-refractivity contribution in [2.24, 2.45) is 0 Å². The van der Waals surface area contributed by atoms with Crippen LogP contribution in [0.2, 0.25) is 0 Å². The SMILES string of the molecule is OC(O)CCC(O)CCC(O)CCP. The normalized spacial score (nSPS) is 15.9. The summed E-state index contributed by atoms with van der Waals surface area (Å²) in [6.07, 6.45) is 0.952.